The lowest BCUT2D eigenvalue weighted by Gasteiger charge is -2.20. The summed E-state index contributed by atoms with van der Waals surface area (Å²) in [7, 11) is 0. The van der Waals surface area contributed by atoms with Gasteiger partial charge in [-0.2, -0.15) is 0 Å². The molecule has 112 valence electrons. The van der Waals surface area contributed by atoms with E-state index in [4.69, 9.17) is 16.3 Å². The minimum absolute atomic E-state index is 0.0996. The van der Waals surface area contributed by atoms with Crippen LogP contribution in [0.2, 0.25) is 5.02 Å². The molecule has 4 heteroatoms. The molecule has 2 aromatic rings. The fourth-order valence-electron chi connectivity index (χ4n) is 1.76. The van der Waals surface area contributed by atoms with Gasteiger partial charge in [0, 0.05) is 17.1 Å². The summed E-state index contributed by atoms with van der Waals surface area (Å²) in [6.07, 6.45) is 0. The van der Waals surface area contributed by atoms with Gasteiger partial charge in [0.15, 0.2) is 0 Å². The smallest absolute Gasteiger partial charge is 0.141 e. The Labute approximate surface area is 139 Å². The Bertz CT molecular complexity index is 622. The van der Waals surface area contributed by atoms with Crippen molar-refractivity contribution >= 4 is 27.5 Å². The molecule has 0 fully saturated rings. The van der Waals surface area contributed by atoms with Crippen molar-refractivity contribution in [3.63, 3.8) is 0 Å². The first-order valence-electron chi connectivity index (χ1n) is 6.80. The maximum Gasteiger partial charge on any atom is 0.141 e. The number of rotatable bonds is 4. The minimum Gasteiger partial charge on any atom is -0.456 e. The molecule has 0 saturated carbocycles. The Hall–Kier alpha value is -1.03. The molecule has 0 amide bonds. The van der Waals surface area contributed by atoms with Crippen LogP contribution in [0, 0.1) is 0 Å². The second-order valence-corrected chi connectivity index (χ2v) is 7.22. The van der Waals surface area contributed by atoms with Gasteiger partial charge in [-0.05, 0) is 72.6 Å². The highest BCUT2D eigenvalue weighted by atomic mass is 79.9. The van der Waals surface area contributed by atoms with Crippen LogP contribution in [0.25, 0.3) is 0 Å². The molecule has 0 aliphatic heterocycles. The highest BCUT2D eigenvalue weighted by Gasteiger charge is 2.10. The second kappa shape index (κ2) is 6.82. The summed E-state index contributed by atoms with van der Waals surface area (Å²) < 4.78 is 6.77. The van der Waals surface area contributed by atoms with E-state index in [0.29, 0.717) is 5.02 Å². The number of benzene rings is 2. The van der Waals surface area contributed by atoms with Gasteiger partial charge in [0.25, 0.3) is 0 Å². The van der Waals surface area contributed by atoms with Gasteiger partial charge in [0.05, 0.1) is 4.47 Å². The molecule has 21 heavy (non-hydrogen) atoms. The van der Waals surface area contributed by atoms with Gasteiger partial charge >= 0.3 is 0 Å². The standard InChI is InChI=1S/C17H19BrClNO/c1-17(2,3)20-11-12-7-8-16(15(18)9-12)21-14-6-4-5-13(19)10-14/h4-10,20H,11H2,1-3H3. The molecule has 0 aromatic heterocycles. The molecule has 0 heterocycles. The zero-order valence-corrected chi connectivity index (χ0v) is 14.8. The van der Waals surface area contributed by atoms with E-state index >= 15 is 0 Å². The first-order chi connectivity index (χ1) is 9.83. The third kappa shape index (κ3) is 5.34. The predicted octanol–water partition coefficient (Wildman–Crippen LogP) is 5.78. The number of nitrogens with one attached hydrogen (secondary N) is 1. The average molecular weight is 369 g/mol. The van der Waals surface area contributed by atoms with E-state index in [1.807, 2.05) is 24.3 Å². The number of ether oxygens (including phenoxy) is 1. The Balaban J connectivity index is 2.09. The van der Waals surface area contributed by atoms with Crippen LogP contribution in [0.4, 0.5) is 0 Å². The quantitative estimate of drug-likeness (QED) is 0.738. The zero-order valence-electron chi connectivity index (χ0n) is 12.4. The van der Waals surface area contributed by atoms with Gasteiger partial charge in [-0.3, -0.25) is 0 Å². The molecule has 0 aliphatic rings. The summed E-state index contributed by atoms with van der Waals surface area (Å²) in [5.74, 6) is 1.50. The zero-order chi connectivity index (χ0) is 15.5. The van der Waals surface area contributed by atoms with Gasteiger partial charge in [0.1, 0.15) is 11.5 Å². The third-order valence-corrected chi connectivity index (χ3v) is 3.70. The Morgan fingerprint density at radius 1 is 1.14 bits per heavy atom. The van der Waals surface area contributed by atoms with Gasteiger partial charge in [-0.25, -0.2) is 0 Å². The molecule has 0 atom stereocenters. The summed E-state index contributed by atoms with van der Waals surface area (Å²) in [6.45, 7) is 7.27. The molecule has 0 saturated heterocycles. The van der Waals surface area contributed by atoms with E-state index in [1.54, 1.807) is 6.07 Å². The van der Waals surface area contributed by atoms with Crippen molar-refractivity contribution in [3.05, 3.63) is 57.5 Å². The summed E-state index contributed by atoms with van der Waals surface area (Å²) in [5, 5.41) is 4.12. The van der Waals surface area contributed by atoms with Crippen molar-refractivity contribution in [2.45, 2.75) is 32.9 Å². The van der Waals surface area contributed by atoms with Crippen molar-refractivity contribution in [1.82, 2.24) is 5.32 Å². The fraction of sp³-hybridized carbons (Fsp3) is 0.294. The summed E-state index contributed by atoms with van der Waals surface area (Å²) in [4.78, 5) is 0. The van der Waals surface area contributed by atoms with Crippen LogP contribution >= 0.6 is 27.5 Å². The molecular weight excluding hydrogens is 350 g/mol. The van der Waals surface area contributed by atoms with Crippen LogP contribution in [0.15, 0.2) is 46.9 Å². The van der Waals surface area contributed by atoms with Crippen molar-refractivity contribution in [2.75, 3.05) is 0 Å². The van der Waals surface area contributed by atoms with E-state index < -0.39 is 0 Å². The lowest BCUT2D eigenvalue weighted by molar-refractivity contribution is 0.424. The van der Waals surface area contributed by atoms with Crippen LogP contribution in [0.3, 0.4) is 0 Å². The van der Waals surface area contributed by atoms with E-state index in [1.165, 1.54) is 5.56 Å². The van der Waals surface area contributed by atoms with Crippen LogP contribution in [0.1, 0.15) is 26.3 Å². The normalized spacial score (nSPS) is 11.5. The van der Waals surface area contributed by atoms with Crippen molar-refractivity contribution in [2.24, 2.45) is 0 Å². The highest BCUT2D eigenvalue weighted by molar-refractivity contribution is 9.10. The summed E-state index contributed by atoms with van der Waals surface area (Å²) in [6, 6.07) is 13.5. The molecule has 2 aromatic carbocycles. The van der Waals surface area contributed by atoms with Crippen molar-refractivity contribution < 1.29 is 4.74 Å². The Morgan fingerprint density at radius 3 is 2.52 bits per heavy atom. The Morgan fingerprint density at radius 2 is 1.90 bits per heavy atom. The Kier molecular flexibility index (Phi) is 5.31. The first-order valence-corrected chi connectivity index (χ1v) is 7.97. The monoisotopic (exact) mass is 367 g/mol. The fourth-order valence-corrected chi connectivity index (χ4v) is 2.45. The molecule has 1 N–H and O–H groups in total. The second-order valence-electron chi connectivity index (χ2n) is 5.93. The van der Waals surface area contributed by atoms with Gasteiger partial charge in [-0.1, -0.05) is 23.7 Å². The van der Waals surface area contributed by atoms with Crippen LogP contribution in [0.5, 0.6) is 11.5 Å². The summed E-state index contributed by atoms with van der Waals surface area (Å²) in [5.41, 5.74) is 1.30. The van der Waals surface area contributed by atoms with Crippen LogP contribution in [-0.4, -0.2) is 5.54 Å². The molecule has 0 radical (unpaired) electrons. The van der Waals surface area contributed by atoms with Gasteiger partial charge < -0.3 is 10.1 Å². The number of hydrogen-bond acceptors (Lipinski definition) is 2. The molecule has 2 nitrogen and oxygen atoms in total. The largest absolute Gasteiger partial charge is 0.456 e. The predicted molar refractivity (Wildman–Crippen MR) is 92.3 cm³/mol. The summed E-state index contributed by atoms with van der Waals surface area (Å²) >= 11 is 9.52. The van der Waals surface area contributed by atoms with Crippen LogP contribution in [-0.2, 0) is 6.54 Å². The van der Waals surface area contributed by atoms with Gasteiger partial charge in [-0.15, -0.1) is 0 Å². The first kappa shape index (κ1) is 16.3. The minimum atomic E-state index is 0.0996. The molecular formula is C17H19BrClNO. The lowest BCUT2D eigenvalue weighted by atomic mass is 10.1. The van der Waals surface area contributed by atoms with E-state index in [9.17, 15) is 0 Å². The topological polar surface area (TPSA) is 21.3 Å². The molecule has 0 spiro atoms. The molecule has 2 rings (SSSR count). The maximum atomic E-state index is 5.96. The van der Waals surface area contributed by atoms with Crippen LogP contribution < -0.4 is 10.1 Å². The molecule has 0 bridgehead atoms. The van der Waals surface area contributed by atoms with Crippen molar-refractivity contribution in [1.29, 1.82) is 0 Å². The maximum absolute atomic E-state index is 5.96. The van der Waals surface area contributed by atoms with Crippen molar-refractivity contribution in [3.8, 4) is 11.5 Å². The SMILES string of the molecule is CC(C)(C)NCc1ccc(Oc2cccc(Cl)c2)c(Br)c1. The highest BCUT2D eigenvalue weighted by Crippen LogP contribution is 2.31. The number of halogens is 2. The van der Waals surface area contributed by atoms with E-state index in [-0.39, 0.29) is 5.54 Å². The van der Waals surface area contributed by atoms with E-state index in [2.05, 4.69) is 54.2 Å². The molecule has 0 unspecified atom stereocenters. The lowest BCUT2D eigenvalue weighted by Crippen LogP contribution is -2.35. The molecule has 0 aliphatic carbocycles. The number of hydrogen-bond donors (Lipinski definition) is 1. The van der Waals surface area contributed by atoms with Gasteiger partial charge in [0.2, 0.25) is 0 Å². The van der Waals surface area contributed by atoms with E-state index in [0.717, 1.165) is 22.5 Å². The average Bonchev–Trinajstić information content (AvgIpc) is 2.38. The third-order valence-electron chi connectivity index (χ3n) is 2.84.